The van der Waals surface area contributed by atoms with Gasteiger partial charge in [-0.1, -0.05) is 70.5 Å². The fourth-order valence-corrected chi connectivity index (χ4v) is 9.09. The lowest BCUT2D eigenvalue weighted by Crippen LogP contribution is -2.51. The molecule has 3 amide bonds. The van der Waals surface area contributed by atoms with Gasteiger partial charge in [0.2, 0.25) is 11.8 Å². The number of alkyl carbamates (subject to hydrolysis) is 1. The van der Waals surface area contributed by atoms with Gasteiger partial charge in [0.25, 0.3) is 0 Å². The van der Waals surface area contributed by atoms with E-state index in [2.05, 4.69) is 77.7 Å². The molecule has 3 N–H and O–H groups in total. The molecule has 11 nitrogen and oxygen atoms in total. The van der Waals surface area contributed by atoms with Crippen LogP contribution in [0.15, 0.2) is 48.5 Å². The number of carbonyl (C=O) groups is 3. The number of rotatable bonds is 9. The minimum Gasteiger partial charge on any atom is -0.453 e. The van der Waals surface area contributed by atoms with E-state index in [-0.39, 0.29) is 35.7 Å². The summed E-state index contributed by atoms with van der Waals surface area (Å²) in [5, 5.41) is 4.99. The molecule has 0 spiro atoms. The average molecular weight is 730 g/mol. The Morgan fingerprint density at radius 3 is 2.52 bits per heavy atom. The third-order valence-electron chi connectivity index (χ3n) is 12.0. The lowest BCUT2D eigenvalue weighted by atomic mass is 9.89. The van der Waals surface area contributed by atoms with Crippen LogP contribution < -0.4 is 5.32 Å². The van der Waals surface area contributed by atoms with Crippen LogP contribution in [0.3, 0.4) is 0 Å². The topological polar surface area (TPSA) is 136 Å². The maximum absolute atomic E-state index is 13.9. The fourth-order valence-electron chi connectivity index (χ4n) is 9.09. The molecule has 2 saturated heterocycles. The number of nitrogens with zero attached hydrogens (tertiary/aromatic N) is 4. The number of ether oxygens (including phenoxy) is 1. The van der Waals surface area contributed by atoms with Gasteiger partial charge in [0, 0.05) is 36.2 Å². The zero-order valence-corrected chi connectivity index (χ0v) is 32.0. The minimum atomic E-state index is -0.678. The largest absolute Gasteiger partial charge is 0.453 e. The number of hydrogen-bond acceptors (Lipinski definition) is 6. The molecule has 0 unspecified atom stereocenters. The first-order valence-corrected chi connectivity index (χ1v) is 19.8. The van der Waals surface area contributed by atoms with E-state index in [1.165, 1.54) is 12.7 Å². The molecular formula is C43H51N7O4. The number of amides is 3. The Bertz CT molecular complexity index is 2240. The normalized spacial score (nSPS) is 20.1. The molecule has 2 aromatic heterocycles. The van der Waals surface area contributed by atoms with Crippen molar-refractivity contribution in [1.82, 2.24) is 35.1 Å². The summed E-state index contributed by atoms with van der Waals surface area (Å²) < 4.78 is 4.84. The molecule has 11 heteroatoms. The number of nitrogens with one attached hydrogen (secondary N) is 3. The van der Waals surface area contributed by atoms with Crippen molar-refractivity contribution < 1.29 is 19.1 Å². The van der Waals surface area contributed by atoms with Crippen molar-refractivity contribution in [2.75, 3.05) is 20.2 Å². The van der Waals surface area contributed by atoms with Crippen molar-refractivity contribution >= 4 is 39.7 Å². The quantitative estimate of drug-likeness (QED) is 0.141. The fraction of sp³-hybridized carbons (Fsp3) is 0.465. The van der Waals surface area contributed by atoms with Gasteiger partial charge in [-0.2, -0.15) is 0 Å². The molecular weight excluding hydrogens is 679 g/mol. The number of carbonyl (C=O) groups excluding carboxylic acids is 3. The van der Waals surface area contributed by atoms with Crippen molar-refractivity contribution in [3.05, 3.63) is 71.4 Å². The van der Waals surface area contributed by atoms with Crippen LogP contribution in [0.1, 0.15) is 101 Å². The highest BCUT2D eigenvalue weighted by atomic mass is 16.5. The van der Waals surface area contributed by atoms with Crippen LogP contribution in [0.5, 0.6) is 0 Å². The standard InChI is InChI=1S/C43H51N7O4/c1-6-9-35(51)49-20-8-10-34(49)40-44-32-17-13-28-22-26(11-15-30(28)37(32)46-40)27-12-16-31-29(23-27)14-18-33-38(31)47-41(45-33)39-25(7-2)19-21-50(39)42(52)36(24(3)4)48-43(53)54-5/h11-13,15-17,22-25,34,36,39H,6-10,14,18-21H2,1-5H3,(H,44,46)(H,45,47)(H,48,53)/t25-,34+,36+,39+/m1/s1. The number of aryl methyl sites for hydroxylation is 2. The first-order valence-electron chi connectivity index (χ1n) is 19.8. The van der Waals surface area contributed by atoms with Crippen LogP contribution in [0, 0.1) is 11.8 Å². The lowest BCUT2D eigenvalue weighted by Gasteiger charge is -2.31. The van der Waals surface area contributed by atoms with Crippen LogP contribution in [-0.4, -0.2) is 73.9 Å². The highest BCUT2D eigenvalue weighted by Gasteiger charge is 2.43. The molecule has 0 radical (unpaired) electrons. The Morgan fingerprint density at radius 1 is 0.926 bits per heavy atom. The summed E-state index contributed by atoms with van der Waals surface area (Å²) in [5.74, 6) is 2.00. The smallest absolute Gasteiger partial charge is 0.407 e. The van der Waals surface area contributed by atoms with Crippen molar-refractivity contribution in [1.29, 1.82) is 0 Å². The second-order valence-corrected chi connectivity index (χ2v) is 15.6. The summed E-state index contributed by atoms with van der Waals surface area (Å²) in [5.41, 5.74) is 8.71. The number of aromatic nitrogens is 4. The minimum absolute atomic E-state index is 0.00705. The number of imidazole rings is 2. The number of likely N-dealkylation sites (tertiary alicyclic amines) is 2. The molecule has 4 atom stereocenters. The van der Waals surface area contributed by atoms with Gasteiger partial charge >= 0.3 is 6.09 Å². The SMILES string of the molecule is CCCC(=O)N1CCC[C@H]1c1nc2c(ccc3cc(-c4ccc5c(c4)CCc4[nH]c([C@@H]6[C@H](CC)CCN6C(=O)[C@@H](NC(=O)OC)C(C)C)nc4-5)ccc32)[nH]1. The molecule has 54 heavy (non-hydrogen) atoms. The van der Waals surface area contributed by atoms with Crippen LogP contribution in [0.4, 0.5) is 4.79 Å². The molecule has 4 heterocycles. The summed E-state index contributed by atoms with van der Waals surface area (Å²) in [4.78, 5) is 60.3. The molecule has 1 aliphatic carbocycles. The predicted molar refractivity (Wildman–Crippen MR) is 210 cm³/mol. The van der Waals surface area contributed by atoms with Gasteiger partial charge in [-0.15, -0.1) is 0 Å². The summed E-state index contributed by atoms with van der Waals surface area (Å²) >= 11 is 0. The summed E-state index contributed by atoms with van der Waals surface area (Å²) in [6, 6.07) is 16.7. The van der Waals surface area contributed by atoms with Gasteiger partial charge < -0.3 is 29.8 Å². The maximum Gasteiger partial charge on any atom is 0.407 e. The van der Waals surface area contributed by atoms with Crippen LogP contribution in [0.2, 0.25) is 0 Å². The van der Waals surface area contributed by atoms with Crippen molar-refractivity contribution in [3.63, 3.8) is 0 Å². The summed E-state index contributed by atoms with van der Waals surface area (Å²) in [7, 11) is 1.32. The number of methoxy groups -OCH3 is 1. The van der Waals surface area contributed by atoms with E-state index in [4.69, 9.17) is 14.7 Å². The van der Waals surface area contributed by atoms with E-state index in [1.54, 1.807) is 0 Å². The Kier molecular flexibility index (Phi) is 9.66. The summed E-state index contributed by atoms with van der Waals surface area (Å²) in [6.45, 7) is 9.51. The Morgan fingerprint density at radius 2 is 1.74 bits per heavy atom. The number of hydrogen-bond donors (Lipinski definition) is 3. The van der Waals surface area contributed by atoms with E-state index in [1.807, 2.05) is 23.6 Å². The maximum atomic E-state index is 13.9. The van der Waals surface area contributed by atoms with Crippen molar-refractivity contribution in [2.24, 2.45) is 11.8 Å². The monoisotopic (exact) mass is 729 g/mol. The second kappa shape index (κ2) is 14.6. The number of fused-ring (bicyclic) bond motifs is 6. The lowest BCUT2D eigenvalue weighted by molar-refractivity contribution is -0.136. The first kappa shape index (κ1) is 35.8. The van der Waals surface area contributed by atoms with Gasteiger partial charge in [-0.3, -0.25) is 9.59 Å². The van der Waals surface area contributed by atoms with E-state index < -0.39 is 12.1 Å². The third-order valence-corrected chi connectivity index (χ3v) is 12.0. The Labute approximate surface area is 316 Å². The molecule has 2 fully saturated rings. The number of benzene rings is 3. The van der Waals surface area contributed by atoms with E-state index in [0.717, 1.165) is 113 Å². The van der Waals surface area contributed by atoms with Crippen LogP contribution in [-0.2, 0) is 27.2 Å². The van der Waals surface area contributed by atoms with E-state index >= 15 is 0 Å². The highest BCUT2D eigenvalue weighted by Crippen LogP contribution is 2.42. The zero-order chi connectivity index (χ0) is 37.7. The second-order valence-electron chi connectivity index (χ2n) is 15.6. The molecule has 0 bridgehead atoms. The average Bonchev–Trinajstić information content (AvgIpc) is 4.00. The van der Waals surface area contributed by atoms with Gasteiger partial charge in [-0.25, -0.2) is 14.8 Å². The molecule has 5 aromatic rings. The van der Waals surface area contributed by atoms with Crippen LogP contribution in [0.25, 0.3) is 44.2 Å². The predicted octanol–water partition coefficient (Wildman–Crippen LogP) is 8.02. The van der Waals surface area contributed by atoms with Crippen LogP contribution >= 0.6 is 0 Å². The van der Waals surface area contributed by atoms with Crippen molar-refractivity contribution in [2.45, 2.75) is 97.2 Å². The van der Waals surface area contributed by atoms with Gasteiger partial charge in [0.05, 0.1) is 35.9 Å². The third kappa shape index (κ3) is 6.31. The van der Waals surface area contributed by atoms with Gasteiger partial charge in [0.1, 0.15) is 17.7 Å². The van der Waals surface area contributed by atoms with Gasteiger partial charge in [-0.05, 0) is 84.6 Å². The molecule has 0 saturated carbocycles. The van der Waals surface area contributed by atoms with E-state index in [0.29, 0.717) is 13.0 Å². The molecule has 3 aliphatic rings. The Balaban J connectivity index is 1.06. The number of aromatic amines is 2. The highest BCUT2D eigenvalue weighted by molar-refractivity contribution is 6.05. The summed E-state index contributed by atoms with van der Waals surface area (Å²) in [6.07, 6.45) is 6.31. The Hall–Kier alpha value is -5.19. The molecule has 8 rings (SSSR count). The number of H-pyrrole nitrogens is 2. The van der Waals surface area contributed by atoms with E-state index in [9.17, 15) is 14.4 Å². The van der Waals surface area contributed by atoms with Crippen molar-refractivity contribution in [3.8, 4) is 22.4 Å². The first-order chi connectivity index (χ1) is 26.2. The molecule has 282 valence electrons. The molecule has 2 aliphatic heterocycles. The molecule has 3 aromatic carbocycles. The zero-order valence-electron chi connectivity index (χ0n) is 32.0. The van der Waals surface area contributed by atoms with Gasteiger partial charge in [0.15, 0.2) is 0 Å².